The monoisotopic (exact) mass is 512 g/mol. The van der Waals surface area contributed by atoms with Gasteiger partial charge in [-0.05, 0) is 37.0 Å². The van der Waals surface area contributed by atoms with Crippen molar-refractivity contribution >= 4 is 17.4 Å². The third kappa shape index (κ3) is 3.80. The molecule has 4 aromatic rings. The van der Waals surface area contributed by atoms with Crippen LogP contribution in [-0.4, -0.2) is 46.8 Å². The largest absolute Gasteiger partial charge is 0.423 e. The number of aryl methyl sites for hydroxylation is 1. The first-order chi connectivity index (χ1) is 17.7. The Morgan fingerprint density at radius 2 is 2.08 bits per heavy atom. The van der Waals surface area contributed by atoms with E-state index in [1.807, 2.05) is 6.92 Å². The Morgan fingerprint density at radius 1 is 1.24 bits per heavy atom. The highest BCUT2D eigenvalue weighted by atomic mass is 19.4. The average molecular weight is 512 g/mol. The van der Waals surface area contributed by atoms with Gasteiger partial charge in [0.15, 0.2) is 5.82 Å². The van der Waals surface area contributed by atoms with Crippen molar-refractivity contribution in [2.24, 2.45) is 5.92 Å². The topological polar surface area (TPSA) is 114 Å². The van der Waals surface area contributed by atoms with Crippen molar-refractivity contribution < 1.29 is 22.4 Å². The van der Waals surface area contributed by atoms with Gasteiger partial charge in [-0.15, -0.1) is 15.3 Å². The number of fused-ring (bicyclic) bond motifs is 3. The van der Waals surface area contributed by atoms with Gasteiger partial charge in [-0.2, -0.15) is 13.2 Å². The summed E-state index contributed by atoms with van der Waals surface area (Å²) in [6.07, 6.45) is 1.76. The standard InChI is InChI=1S/C24H23F3N8O2/c1-3-19-31-32-21(37-19)23-9-13(2)7-15(10-23)35(23)22(36)30-18-8-16(17(12-28-18)24(25,26)27)20-29-11-14-5-4-6-34(14)33-20/h4-6,8,11-13,15H,3,7,9-10H2,1-2H3,(H,28,30,36)/t13-,15+,23-/m0/s1. The summed E-state index contributed by atoms with van der Waals surface area (Å²) < 4.78 is 48.7. The number of alkyl halides is 3. The molecule has 1 aliphatic carbocycles. The number of carbonyl (C=O) groups excluding carboxylic acids is 1. The Morgan fingerprint density at radius 3 is 2.84 bits per heavy atom. The predicted molar refractivity (Wildman–Crippen MR) is 124 cm³/mol. The summed E-state index contributed by atoms with van der Waals surface area (Å²) in [6.45, 7) is 4.01. The van der Waals surface area contributed by atoms with Gasteiger partial charge < -0.3 is 9.32 Å². The second-order valence-electron chi connectivity index (χ2n) is 9.66. The SMILES string of the molecule is CCc1nnc([C@]23C[C@@H](C)C[C@H](C2)N3C(=O)Nc2cc(-c3ncc4cccn4n3)c(C(F)(F)F)cn2)o1. The smallest absolute Gasteiger partial charge is 0.418 e. The van der Waals surface area contributed by atoms with E-state index < -0.39 is 23.3 Å². The Bertz CT molecular complexity index is 1500. The maximum Gasteiger partial charge on any atom is 0.418 e. The highest BCUT2D eigenvalue weighted by Gasteiger charge is 2.62. The van der Waals surface area contributed by atoms with E-state index in [4.69, 9.17) is 4.42 Å². The molecule has 1 saturated carbocycles. The van der Waals surface area contributed by atoms with Crippen molar-refractivity contribution in [3.63, 3.8) is 0 Å². The van der Waals surface area contributed by atoms with Crippen LogP contribution < -0.4 is 5.32 Å². The number of anilines is 1. The number of rotatable bonds is 4. The molecule has 4 aromatic heterocycles. The normalized spacial score (nSPS) is 23.2. The van der Waals surface area contributed by atoms with Gasteiger partial charge in [-0.25, -0.2) is 19.3 Å². The van der Waals surface area contributed by atoms with E-state index in [9.17, 15) is 18.0 Å². The predicted octanol–water partition coefficient (Wildman–Crippen LogP) is 4.69. The van der Waals surface area contributed by atoms with Gasteiger partial charge >= 0.3 is 12.2 Å². The number of likely N-dealkylation sites (tertiary alicyclic amines) is 1. The molecule has 1 N–H and O–H groups in total. The molecule has 1 aliphatic heterocycles. The van der Waals surface area contributed by atoms with Crippen LogP contribution in [0.4, 0.5) is 23.8 Å². The molecular weight excluding hydrogens is 489 g/mol. The molecule has 2 amide bonds. The minimum atomic E-state index is -4.69. The summed E-state index contributed by atoms with van der Waals surface area (Å²) in [4.78, 5) is 23.1. The molecule has 37 heavy (non-hydrogen) atoms. The molecule has 10 nitrogen and oxygen atoms in total. The third-order valence-electron chi connectivity index (χ3n) is 7.11. The molecule has 192 valence electrons. The Kier molecular flexibility index (Phi) is 5.21. The van der Waals surface area contributed by atoms with Crippen molar-refractivity contribution in [1.82, 2.24) is 34.7 Å². The molecular formula is C24H23F3N8O2. The van der Waals surface area contributed by atoms with Gasteiger partial charge in [0.25, 0.3) is 0 Å². The minimum absolute atomic E-state index is 0.0443. The number of urea groups is 1. The molecule has 0 radical (unpaired) electrons. The molecule has 2 bridgehead atoms. The summed E-state index contributed by atoms with van der Waals surface area (Å²) in [6, 6.07) is 4.07. The van der Waals surface area contributed by atoms with E-state index in [0.717, 1.165) is 12.5 Å². The molecule has 0 unspecified atom stereocenters. The number of halogens is 3. The first kappa shape index (κ1) is 23.4. The second-order valence-corrected chi connectivity index (χ2v) is 9.66. The lowest BCUT2D eigenvalue weighted by Crippen LogP contribution is -2.70. The fraction of sp³-hybridized carbons (Fsp3) is 0.417. The third-order valence-corrected chi connectivity index (χ3v) is 7.11. The second kappa shape index (κ2) is 8.25. The molecule has 3 atom stereocenters. The zero-order valence-corrected chi connectivity index (χ0v) is 20.0. The molecule has 0 spiro atoms. The van der Waals surface area contributed by atoms with E-state index in [-0.39, 0.29) is 23.2 Å². The highest BCUT2D eigenvalue weighted by molar-refractivity contribution is 5.90. The van der Waals surface area contributed by atoms with Gasteiger partial charge in [0.05, 0.1) is 17.3 Å². The summed E-state index contributed by atoms with van der Waals surface area (Å²) in [5.74, 6) is 1.03. The lowest BCUT2D eigenvalue weighted by Gasteiger charge is -2.61. The first-order valence-electron chi connectivity index (χ1n) is 12.0. The van der Waals surface area contributed by atoms with Crippen LogP contribution in [0.2, 0.25) is 0 Å². The maximum atomic E-state index is 13.8. The number of pyridine rings is 1. The number of nitrogens with zero attached hydrogens (tertiary/aromatic N) is 7. The Balaban J connectivity index is 1.34. The van der Waals surface area contributed by atoms with Crippen LogP contribution >= 0.6 is 0 Å². The number of carbonyl (C=O) groups is 1. The zero-order chi connectivity index (χ0) is 25.9. The van der Waals surface area contributed by atoms with Crippen LogP contribution in [0.25, 0.3) is 16.9 Å². The van der Waals surface area contributed by atoms with Gasteiger partial charge in [-0.3, -0.25) is 5.32 Å². The van der Waals surface area contributed by atoms with Gasteiger partial charge in [0.1, 0.15) is 11.4 Å². The van der Waals surface area contributed by atoms with Gasteiger partial charge in [-0.1, -0.05) is 13.8 Å². The van der Waals surface area contributed by atoms with Crippen molar-refractivity contribution in [2.75, 3.05) is 5.32 Å². The molecule has 13 heteroatoms. The van der Waals surface area contributed by atoms with E-state index in [2.05, 4.69) is 37.5 Å². The van der Waals surface area contributed by atoms with Gasteiger partial charge in [0, 0.05) is 36.8 Å². The molecule has 0 aromatic carbocycles. The molecule has 1 saturated heterocycles. The number of hydrogen-bond acceptors (Lipinski definition) is 7. The average Bonchev–Trinajstić information content (AvgIpc) is 3.52. The van der Waals surface area contributed by atoms with Crippen LogP contribution in [0.5, 0.6) is 0 Å². The number of aromatic nitrogens is 6. The van der Waals surface area contributed by atoms with E-state index in [1.165, 1.54) is 10.7 Å². The van der Waals surface area contributed by atoms with E-state index in [1.54, 1.807) is 23.2 Å². The fourth-order valence-electron chi connectivity index (χ4n) is 5.60. The van der Waals surface area contributed by atoms with Crippen LogP contribution in [0.1, 0.15) is 50.5 Å². The number of nitrogens with one attached hydrogen (secondary N) is 1. The summed E-state index contributed by atoms with van der Waals surface area (Å²) in [5, 5.41) is 15.2. The number of hydrogen-bond donors (Lipinski definition) is 1. The van der Waals surface area contributed by atoms with E-state index in [0.29, 0.717) is 48.7 Å². The van der Waals surface area contributed by atoms with Gasteiger partial charge in [0.2, 0.25) is 11.8 Å². The zero-order valence-electron chi connectivity index (χ0n) is 20.0. The first-order valence-corrected chi connectivity index (χ1v) is 12.0. The van der Waals surface area contributed by atoms with Crippen molar-refractivity contribution in [3.8, 4) is 11.4 Å². The molecule has 6 rings (SSSR count). The fourth-order valence-corrected chi connectivity index (χ4v) is 5.60. The van der Waals surface area contributed by atoms with Crippen LogP contribution in [-0.2, 0) is 18.1 Å². The van der Waals surface area contributed by atoms with Crippen LogP contribution in [0.15, 0.2) is 41.2 Å². The summed E-state index contributed by atoms with van der Waals surface area (Å²) >= 11 is 0. The lowest BCUT2D eigenvalue weighted by molar-refractivity contribution is -0.137. The molecule has 2 fully saturated rings. The highest BCUT2D eigenvalue weighted by Crippen LogP contribution is 2.55. The van der Waals surface area contributed by atoms with Crippen molar-refractivity contribution in [2.45, 2.75) is 57.3 Å². The van der Waals surface area contributed by atoms with Crippen LogP contribution in [0.3, 0.4) is 0 Å². The number of amides is 2. The van der Waals surface area contributed by atoms with Crippen molar-refractivity contribution in [1.29, 1.82) is 0 Å². The van der Waals surface area contributed by atoms with Crippen LogP contribution in [0, 0.1) is 5.92 Å². The molecule has 5 heterocycles. The number of piperidine rings is 1. The lowest BCUT2D eigenvalue weighted by atomic mass is 9.64. The minimum Gasteiger partial charge on any atom is -0.423 e. The van der Waals surface area contributed by atoms with E-state index >= 15 is 0 Å². The van der Waals surface area contributed by atoms with Crippen molar-refractivity contribution in [3.05, 3.63) is 54.1 Å². The quantitative estimate of drug-likeness (QED) is 0.422. The summed E-state index contributed by atoms with van der Waals surface area (Å²) in [7, 11) is 0. The Labute approximate surface area is 208 Å². The maximum absolute atomic E-state index is 13.8. The molecule has 2 aliphatic rings. The Hall–Kier alpha value is -4.03. The summed E-state index contributed by atoms with van der Waals surface area (Å²) in [5.41, 5.74) is -1.40.